The molecule has 0 amide bonds. The Labute approximate surface area is 110 Å². The van der Waals surface area contributed by atoms with Crippen molar-refractivity contribution in [2.24, 2.45) is 5.92 Å². The van der Waals surface area contributed by atoms with Gasteiger partial charge in [0, 0.05) is 27.9 Å². The van der Waals surface area contributed by atoms with E-state index in [1.807, 2.05) is 11.3 Å². The second kappa shape index (κ2) is 5.63. The molecule has 0 aliphatic carbocycles. The van der Waals surface area contributed by atoms with E-state index in [0.29, 0.717) is 18.1 Å². The molecule has 1 saturated heterocycles. The van der Waals surface area contributed by atoms with Gasteiger partial charge in [0.1, 0.15) is 0 Å². The zero-order chi connectivity index (χ0) is 11.5. The third-order valence-corrected chi connectivity index (χ3v) is 5.37. The lowest BCUT2D eigenvalue weighted by molar-refractivity contribution is 0.0963. The van der Waals surface area contributed by atoms with Gasteiger partial charge in [0.25, 0.3) is 0 Å². The molecule has 4 heteroatoms. The van der Waals surface area contributed by atoms with Crippen molar-refractivity contribution in [3.8, 4) is 0 Å². The van der Waals surface area contributed by atoms with Gasteiger partial charge in [-0.05, 0) is 54.2 Å². The third kappa shape index (κ3) is 2.67. The number of ether oxygens (including phenoxy) is 1. The van der Waals surface area contributed by atoms with Gasteiger partial charge in [0.05, 0.1) is 6.10 Å². The Hall–Kier alpha value is 0.1000. The summed E-state index contributed by atoms with van der Waals surface area (Å²) < 4.78 is 6.89. The van der Waals surface area contributed by atoms with Crippen molar-refractivity contribution in [1.82, 2.24) is 5.32 Å². The van der Waals surface area contributed by atoms with Gasteiger partial charge >= 0.3 is 0 Å². The second-order valence-corrected chi connectivity index (χ2v) is 6.17. The van der Waals surface area contributed by atoms with Crippen LogP contribution in [0.5, 0.6) is 0 Å². The highest BCUT2D eigenvalue weighted by Gasteiger charge is 2.31. The number of halogens is 1. The number of nitrogens with one attached hydrogen (secondary N) is 1. The molecular weight excluding hydrogens is 286 g/mol. The van der Waals surface area contributed by atoms with Crippen LogP contribution in [-0.4, -0.2) is 25.8 Å². The third-order valence-electron chi connectivity index (χ3n) is 3.42. The van der Waals surface area contributed by atoms with Crippen LogP contribution in [0, 0.1) is 5.92 Å². The molecule has 1 aromatic heterocycles. The standard InChI is InChI=1S/C12H18BrNOS/c1-8-9(3-5-15-8)11(14-2)7-12-10(13)4-6-16-12/h4,6,8-9,11,14H,3,5,7H2,1-2H3. The first-order valence-corrected chi connectivity index (χ1v) is 7.40. The fraction of sp³-hybridized carbons (Fsp3) is 0.667. The molecule has 1 aliphatic heterocycles. The molecule has 0 saturated carbocycles. The van der Waals surface area contributed by atoms with Crippen LogP contribution in [0.2, 0.25) is 0 Å². The van der Waals surface area contributed by atoms with E-state index in [1.165, 1.54) is 15.8 Å². The lowest BCUT2D eigenvalue weighted by atomic mass is 9.91. The van der Waals surface area contributed by atoms with Gasteiger partial charge in [-0.1, -0.05) is 0 Å². The normalized spacial score (nSPS) is 27.2. The summed E-state index contributed by atoms with van der Waals surface area (Å²) in [6, 6.07) is 2.65. The minimum absolute atomic E-state index is 0.385. The van der Waals surface area contributed by atoms with Gasteiger partial charge in [-0.3, -0.25) is 0 Å². The first-order valence-electron chi connectivity index (χ1n) is 5.73. The largest absolute Gasteiger partial charge is 0.378 e. The van der Waals surface area contributed by atoms with E-state index in [0.717, 1.165) is 13.0 Å². The number of thiophene rings is 1. The van der Waals surface area contributed by atoms with Crippen molar-refractivity contribution in [3.05, 3.63) is 20.8 Å². The lowest BCUT2D eigenvalue weighted by Gasteiger charge is -2.25. The Morgan fingerprint density at radius 2 is 2.50 bits per heavy atom. The SMILES string of the molecule is CNC(Cc1sccc1Br)C1CCOC1C. The summed E-state index contributed by atoms with van der Waals surface area (Å²) in [7, 11) is 2.05. The van der Waals surface area contributed by atoms with Crippen molar-refractivity contribution in [3.63, 3.8) is 0 Å². The topological polar surface area (TPSA) is 21.3 Å². The molecule has 2 nitrogen and oxygen atoms in total. The molecule has 1 fully saturated rings. The molecule has 1 aromatic rings. The zero-order valence-corrected chi connectivity index (χ0v) is 12.1. The Morgan fingerprint density at radius 3 is 3.00 bits per heavy atom. The number of rotatable bonds is 4. The maximum Gasteiger partial charge on any atom is 0.0590 e. The number of likely N-dealkylation sites (N-methyl/N-ethyl adjacent to an activating group) is 1. The minimum Gasteiger partial charge on any atom is -0.378 e. The lowest BCUT2D eigenvalue weighted by Crippen LogP contribution is -2.38. The summed E-state index contributed by atoms with van der Waals surface area (Å²) in [6.07, 6.45) is 2.65. The summed E-state index contributed by atoms with van der Waals surface area (Å²) in [5.74, 6) is 0.638. The van der Waals surface area contributed by atoms with E-state index in [2.05, 4.69) is 46.7 Å². The first kappa shape index (κ1) is 12.6. The number of hydrogen-bond donors (Lipinski definition) is 1. The van der Waals surface area contributed by atoms with E-state index >= 15 is 0 Å². The molecule has 90 valence electrons. The zero-order valence-electron chi connectivity index (χ0n) is 9.70. The van der Waals surface area contributed by atoms with Gasteiger partial charge in [0.15, 0.2) is 0 Å². The molecule has 3 unspecified atom stereocenters. The predicted molar refractivity (Wildman–Crippen MR) is 72.1 cm³/mol. The Morgan fingerprint density at radius 1 is 1.69 bits per heavy atom. The molecule has 3 atom stereocenters. The Bertz CT molecular complexity index is 342. The monoisotopic (exact) mass is 303 g/mol. The smallest absolute Gasteiger partial charge is 0.0590 e. The highest BCUT2D eigenvalue weighted by atomic mass is 79.9. The van der Waals surface area contributed by atoms with Crippen molar-refractivity contribution in [1.29, 1.82) is 0 Å². The molecule has 1 aliphatic rings. The molecular formula is C12H18BrNOS. The van der Waals surface area contributed by atoms with Crippen molar-refractivity contribution in [2.45, 2.75) is 31.9 Å². The molecule has 0 aromatic carbocycles. The van der Waals surface area contributed by atoms with Gasteiger partial charge in [0.2, 0.25) is 0 Å². The molecule has 16 heavy (non-hydrogen) atoms. The quantitative estimate of drug-likeness (QED) is 0.923. The van der Waals surface area contributed by atoms with E-state index in [4.69, 9.17) is 4.74 Å². The first-order chi connectivity index (χ1) is 7.72. The summed E-state index contributed by atoms with van der Waals surface area (Å²) in [5, 5.41) is 5.59. The van der Waals surface area contributed by atoms with E-state index in [-0.39, 0.29) is 0 Å². The molecule has 2 heterocycles. The maximum absolute atomic E-state index is 5.65. The van der Waals surface area contributed by atoms with Crippen LogP contribution in [0.4, 0.5) is 0 Å². The summed E-state index contributed by atoms with van der Waals surface area (Å²) in [4.78, 5) is 1.43. The summed E-state index contributed by atoms with van der Waals surface area (Å²) in [6.45, 7) is 3.10. The minimum atomic E-state index is 0.385. The molecule has 0 spiro atoms. The fourth-order valence-corrected chi connectivity index (χ4v) is 3.99. The van der Waals surface area contributed by atoms with Gasteiger partial charge in [-0.15, -0.1) is 11.3 Å². The molecule has 0 radical (unpaired) electrons. The Balaban J connectivity index is 2.03. The van der Waals surface area contributed by atoms with Crippen LogP contribution in [-0.2, 0) is 11.2 Å². The van der Waals surface area contributed by atoms with E-state index < -0.39 is 0 Å². The van der Waals surface area contributed by atoms with Crippen LogP contribution in [0.1, 0.15) is 18.2 Å². The Kier molecular flexibility index (Phi) is 4.41. The summed E-state index contributed by atoms with van der Waals surface area (Å²) >= 11 is 5.42. The van der Waals surface area contributed by atoms with Crippen molar-refractivity contribution in [2.75, 3.05) is 13.7 Å². The van der Waals surface area contributed by atoms with Gasteiger partial charge < -0.3 is 10.1 Å². The second-order valence-electron chi connectivity index (χ2n) is 4.32. The average Bonchev–Trinajstić information content (AvgIpc) is 2.85. The van der Waals surface area contributed by atoms with Crippen LogP contribution >= 0.6 is 27.3 Å². The van der Waals surface area contributed by atoms with Crippen LogP contribution in [0.15, 0.2) is 15.9 Å². The van der Waals surface area contributed by atoms with Crippen LogP contribution < -0.4 is 5.32 Å². The molecule has 1 N–H and O–H groups in total. The molecule has 2 rings (SSSR count). The van der Waals surface area contributed by atoms with E-state index in [9.17, 15) is 0 Å². The van der Waals surface area contributed by atoms with Gasteiger partial charge in [-0.25, -0.2) is 0 Å². The number of hydrogen-bond acceptors (Lipinski definition) is 3. The highest BCUT2D eigenvalue weighted by Crippen LogP contribution is 2.30. The summed E-state index contributed by atoms with van der Waals surface area (Å²) in [5.41, 5.74) is 0. The van der Waals surface area contributed by atoms with Crippen LogP contribution in [0.3, 0.4) is 0 Å². The average molecular weight is 304 g/mol. The van der Waals surface area contributed by atoms with Crippen molar-refractivity contribution >= 4 is 27.3 Å². The van der Waals surface area contributed by atoms with Crippen molar-refractivity contribution < 1.29 is 4.74 Å². The predicted octanol–water partition coefficient (Wildman–Crippen LogP) is 3.07. The fourth-order valence-electron chi connectivity index (χ4n) is 2.41. The van der Waals surface area contributed by atoms with E-state index in [1.54, 1.807) is 0 Å². The van der Waals surface area contributed by atoms with Gasteiger partial charge in [-0.2, -0.15) is 0 Å². The van der Waals surface area contributed by atoms with Crippen LogP contribution in [0.25, 0.3) is 0 Å². The highest BCUT2D eigenvalue weighted by molar-refractivity contribution is 9.10. The molecule has 0 bridgehead atoms. The maximum atomic E-state index is 5.65.